The van der Waals surface area contributed by atoms with Gasteiger partial charge < -0.3 is 5.32 Å². The molecule has 1 fully saturated rings. The number of nitrogens with zero attached hydrogens (tertiary/aromatic N) is 2. The van der Waals surface area contributed by atoms with Crippen LogP contribution in [0.4, 0.5) is 0 Å². The Bertz CT molecular complexity index is 362. The lowest BCUT2D eigenvalue weighted by Gasteiger charge is -2.24. The van der Waals surface area contributed by atoms with Gasteiger partial charge in [0.05, 0.1) is 5.69 Å². The zero-order valence-corrected chi connectivity index (χ0v) is 11.4. The molecule has 3 nitrogen and oxygen atoms in total. The Labute approximate surface area is 105 Å². The van der Waals surface area contributed by atoms with Gasteiger partial charge in [0, 0.05) is 12.2 Å². The molecule has 1 N–H and O–H groups in total. The molecule has 2 rings (SSSR count). The summed E-state index contributed by atoms with van der Waals surface area (Å²) in [6.07, 6.45) is 4.73. The summed E-state index contributed by atoms with van der Waals surface area (Å²) in [6.45, 7) is 10.0. The van der Waals surface area contributed by atoms with Crippen LogP contribution in [0.15, 0.2) is 0 Å². The monoisotopic (exact) mass is 235 g/mol. The van der Waals surface area contributed by atoms with Gasteiger partial charge in [-0.15, -0.1) is 0 Å². The maximum Gasteiger partial charge on any atom is 0.0659 e. The lowest BCUT2D eigenvalue weighted by Crippen LogP contribution is -2.27. The number of hydrogen-bond donors (Lipinski definition) is 1. The van der Waals surface area contributed by atoms with E-state index in [4.69, 9.17) is 5.10 Å². The van der Waals surface area contributed by atoms with Crippen LogP contribution >= 0.6 is 0 Å². The molecule has 1 aromatic rings. The molecule has 0 bridgehead atoms. The average Bonchev–Trinajstić information content (AvgIpc) is 2.77. The third-order valence-corrected chi connectivity index (χ3v) is 3.89. The van der Waals surface area contributed by atoms with E-state index in [-0.39, 0.29) is 0 Å². The van der Waals surface area contributed by atoms with E-state index in [0.29, 0.717) is 0 Å². The van der Waals surface area contributed by atoms with Gasteiger partial charge in [-0.25, -0.2) is 0 Å². The first-order valence-electron chi connectivity index (χ1n) is 7.10. The number of hydrogen-bond acceptors (Lipinski definition) is 2. The smallest absolute Gasteiger partial charge is 0.0659 e. The van der Waals surface area contributed by atoms with Crippen molar-refractivity contribution >= 4 is 0 Å². The Morgan fingerprint density at radius 3 is 2.41 bits per heavy atom. The summed E-state index contributed by atoms with van der Waals surface area (Å²) < 4.78 is 2.22. The van der Waals surface area contributed by atoms with Crippen LogP contribution in [-0.4, -0.2) is 22.9 Å². The normalized spacial score (nSPS) is 17.6. The fourth-order valence-corrected chi connectivity index (χ4v) is 3.04. The summed E-state index contributed by atoms with van der Waals surface area (Å²) in [5.74, 6) is 0.737. The highest BCUT2D eigenvalue weighted by Gasteiger charge is 2.24. The Morgan fingerprint density at radius 2 is 1.88 bits per heavy atom. The van der Waals surface area contributed by atoms with Crippen LogP contribution in [0.25, 0.3) is 0 Å². The van der Waals surface area contributed by atoms with Gasteiger partial charge in [0.1, 0.15) is 0 Å². The highest BCUT2D eigenvalue weighted by atomic mass is 15.3. The zero-order valence-electron chi connectivity index (χ0n) is 11.4. The molecule has 1 saturated heterocycles. The second-order valence-electron chi connectivity index (χ2n) is 4.85. The molecule has 17 heavy (non-hydrogen) atoms. The Balaban J connectivity index is 2.37. The Kier molecular flexibility index (Phi) is 4.21. The molecule has 0 unspecified atom stereocenters. The standard InChI is InChI=1S/C14H25N3/c1-4-12-14(11-7-9-15-10-8-11)13(5-2)17(6-3)16-12/h11,15H,4-10H2,1-3H3. The number of aromatic nitrogens is 2. The first-order valence-corrected chi connectivity index (χ1v) is 7.10. The maximum atomic E-state index is 4.79. The van der Waals surface area contributed by atoms with Crippen molar-refractivity contribution in [3.05, 3.63) is 17.0 Å². The molecule has 1 aliphatic heterocycles. The predicted molar refractivity (Wildman–Crippen MR) is 71.5 cm³/mol. The molecule has 1 aliphatic rings. The Hall–Kier alpha value is -0.830. The summed E-state index contributed by atoms with van der Waals surface area (Å²) in [7, 11) is 0. The molecule has 0 aliphatic carbocycles. The number of nitrogens with one attached hydrogen (secondary N) is 1. The molecule has 2 heterocycles. The Morgan fingerprint density at radius 1 is 1.18 bits per heavy atom. The van der Waals surface area contributed by atoms with Gasteiger partial charge in [0.2, 0.25) is 0 Å². The summed E-state index contributed by atoms with van der Waals surface area (Å²) in [4.78, 5) is 0. The van der Waals surface area contributed by atoms with E-state index >= 15 is 0 Å². The van der Waals surface area contributed by atoms with Crippen molar-refractivity contribution in [3.8, 4) is 0 Å². The first-order chi connectivity index (χ1) is 8.31. The van der Waals surface area contributed by atoms with Crippen molar-refractivity contribution in [2.24, 2.45) is 0 Å². The summed E-state index contributed by atoms with van der Waals surface area (Å²) in [5.41, 5.74) is 4.41. The van der Waals surface area contributed by atoms with E-state index in [2.05, 4.69) is 30.8 Å². The topological polar surface area (TPSA) is 29.9 Å². The maximum absolute atomic E-state index is 4.79. The van der Waals surface area contributed by atoms with Gasteiger partial charge in [0.25, 0.3) is 0 Å². The second kappa shape index (κ2) is 5.67. The van der Waals surface area contributed by atoms with E-state index in [1.807, 2.05) is 0 Å². The van der Waals surface area contributed by atoms with Gasteiger partial charge in [-0.05, 0) is 57.2 Å². The van der Waals surface area contributed by atoms with Crippen molar-refractivity contribution in [2.45, 2.75) is 58.9 Å². The number of aryl methyl sites for hydroxylation is 2. The molecule has 0 amide bonds. The SMILES string of the molecule is CCc1nn(CC)c(CC)c1C1CCNCC1. The molecule has 0 saturated carbocycles. The molecule has 1 aromatic heterocycles. The van der Waals surface area contributed by atoms with Gasteiger partial charge in [-0.2, -0.15) is 5.10 Å². The fraction of sp³-hybridized carbons (Fsp3) is 0.786. The minimum Gasteiger partial charge on any atom is -0.317 e. The lowest BCUT2D eigenvalue weighted by molar-refractivity contribution is 0.455. The van der Waals surface area contributed by atoms with Gasteiger partial charge in [-0.1, -0.05) is 13.8 Å². The van der Waals surface area contributed by atoms with E-state index in [1.54, 1.807) is 5.56 Å². The number of piperidine rings is 1. The largest absolute Gasteiger partial charge is 0.317 e. The van der Waals surface area contributed by atoms with Crippen molar-refractivity contribution in [1.29, 1.82) is 0 Å². The van der Waals surface area contributed by atoms with E-state index in [1.165, 1.54) is 24.2 Å². The van der Waals surface area contributed by atoms with Crippen LogP contribution in [0.3, 0.4) is 0 Å². The van der Waals surface area contributed by atoms with Gasteiger partial charge >= 0.3 is 0 Å². The predicted octanol–water partition coefficient (Wildman–Crippen LogP) is 2.49. The first kappa shape index (κ1) is 12.6. The lowest BCUT2D eigenvalue weighted by atomic mass is 9.87. The van der Waals surface area contributed by atoms with E-state index < -0.39 is 0 Å². The van der Waals surface area contributed by atoms with Crippen molar-refractivity contribution in [1.82, 2.24) is 15.1 Å². The fourth-order valence-electron chi connectivity index (χ4n) is 3.04. The van der Waals surface area contributed by atoms with Gasteiger partial charge in [0.15, 0.2) is 0 Å². The summed E-state index contributed by atoms with van der Waals surface area (Å²) >= 11 is 0. The molecule has 3 heteroatoms. The molecule has 0 spiro atoms. The third-order valence-electron chi connectivity index (χ3n) is 3.89. The van der Waals surface area contributed by atoms with Crippen molar-refractivity contribution in [3.63, 3.8) is 0 Å². The second-order valence-corrected chi connectivity index (χ2v) is 4.85. The molecular formula is C14H25N3. The quantitative estimate of drug-likeness (QED) is 0.869. The highest BCUT2D eigenvalue weighted by Crippen LogP contribution is 2.31. The van der Waals surface area contributed by atoms with Crippen molar-refractivity contribution < 1.29 is 0 Å². The highest BCUT2D eigenvalue weighted by molar-refractivity contribution is 5.31. The molecule has 0 atom stereocenters. The van der Waals surface area contributed by atoms with Crippen LogP contribution < -0.4 is 5.32 Å². The third kappa shape index (κ3) is 2.39. The average molecular weight is 235 g/mol. The van der Waals surface area contributed by atoms with Gasteiger partial charge in [-0.3, -0.25) is 4.68 Å². The molecule has 96 valence electrons. The van der Waals surface area contributed by atoms with Crippen LogP contribution in [0.2, 0.25) is 0 Å². The summed E-state index contributed by atoms with van der Waals surface area (Å²) in [6, 6.07) is 0. The number of rotatable bonds is 4. The summed E-state index contributed by atoms with van der Waals surface area (Å²) in [5, 5.41) is 8.24. The minimum atomic E-state index is 0.737. The van der Waals surface area contributed by atoms with E-state index in [0.717, 1.165) is 38.4 Å². The molecule has 0 aromatic carbocycles. The van der Waals surface area contributed by atoms with Crippen LogP contribution in [0, 0.1) is 0 Å². The molecule has 0 radical (unpaired) electrons. The van der Waals surface area contributed by atoms with E-state index in [9.17, 15) is 0 Å². The van der Waals surface area contributed by atoms with Crippen LogP contribution in [0.5, 0.6) is 0 Å². The zero-order chi connectivity index (χ0) is 12.3. The van der Waals surface area contributed by atoms with Crippen LogP contribution in [-0.2, 0) is 19.4 Å². The van der Waals surface area contributed by atoms with Crippen LogP contribution in [0.1, 0.15) is 56.5 Å². The molecular weight excluding hydrogens is 210 g/mol. The van der Waals surface area contributed by atoms with Crippen molar-refractivity contribution in [2.75, 3.05) is 13.1 Å². The minimum absolute atomic E-state index is 0.737.